The number of aliphatic carboxylic acids is 1. The highest BCUT2D eigenvalue weighted by Gasteiger charge is 2.37. The highest BCUT2D eigenvalue weighted by Crippen LogP contribution is 2.33. The number of nitrogens with zero attached hydrogens (tertiary/aromatic N) is 3. The summed E-state index contributed by atoms with van der Waals surface area (Å²) in [6.45, 7) is 4.81. The van der Waals surface area contributed by atoms with E-state index < -0.39 is 11.6 Å². The first-order valence-corrected chi connectivity index (χ1v) is 9.05. The summed E-state index contributed by atoms with van der Waals surface area (Å²) in [5.41, 5.74) is 5.73. The second-order valence-electron chi connectivity index (χ2n) is 7.39. The summed E-state index contributed by atoms with van der Waals surface area (Å²) in [7, 11) is 0. The standard InChI is InChI=1S/C18H28N4O3/c19-16-3-1-2-14(20-16)13-21-8-10-22(11-9-21)15-4-6-18(25,7-5-15)12-17(23)24/h1-3,15,25H,4-13H2,(H2,19,20)(H,23,24). The summed E-state index contributed by atoms with van der Waals surface area (Å²) in [5.74, 6) is -0.350. The highest BCUT2D eigenvalue weighted by molar-refractivity contribution is 5.68. The van der Waals surface area contributed by atoms with Gasteiger partial charge in [0.05, 0.1) is 17.7 Å². The van der Waals surface area contributed by atoms with Gasteiger partial charge in [0.25, 0.3) is 0 Å². The summed E-state index contributed by atoms with van der Waals surface area (Å²) >= 11 is 0. The fourth-order valence-electron chi connectivity index (χ4n) is 4.07. The molecule has 1 aliphatic carbocycles. The van der Waals surface area contributed by atoms with Gasteiger partial charge in [-0.25, -0.2) is 4.98 Å². The van der Waals surface area contributed by atoms with E-state index in [1.165, 1.54) is 0 Å². The van der Waals surface area contributed by atoms with Crippen molar-refractivity contribution in [1.82, 2.24) is 14.8 Å². The van der Waals surface area contributed by atoms with Gasteiger partial charge >= 0.3 is 5.97 Å². The van der Waals surface area contributed by atoms with Gasteiger partial charge in [0.2, 0.25) is 0 Å². The number of carboxylic acids is 1. The van der Waals surface area contributed by atoms with Gasteiger partial charge in [-0.1, -0.05) is 6.07 Å². The molecule has 0 amide bonds. The van der Waals surface area contributed by atoms with E-state index in [0.717, 1.165) is 51.3 Å². The maximum absolute atomic E-state index is 10.9. The van der Waals surface area contributed by atoms with E-state index in [1.54, 1.807) is 6.07 Å². The van der Waals surface area contributed by atoms with Crippen molar-refractivity contribution in [3.8, 4) is 0 Å². The summed E-state index contributed by atoms with van der Waals surface area (Å²) in [4.78, 5) is 20.1. The normalized spacial score (nSPS) is 28.8. The summed E-state index contributed by atoms with van der Waals surface area (Å²) in [6, 6.07) is 6.21. The first-order valence-electron chi connectivity index (χ1n) is 9.05. The number of hydrogen-bond acceptors (Lipinski definition) is 6. The first kappa shape index (κ1) is 18.1. The third kappa shape index (κ3) is 4.90. The molecular weight excluding hydrogens is 320 g/mol. The van der Waals surface area contributed by atoms with Crippen molar-refractivity contribution in [2.75, 3.05) is 31.9 Å². The van der Waals surface area contributed by atoms with Gasteiger partial charge in [0.1, 0.15) is 5.82 Å². The molecule has 2 heterocycles. The Kier molecular flexibility index (Phi) is 5.56. The lowest BCUT2D eigenvalue weighted by Crippen LogP contribution is -2.52. The van der Waals surface area contributed by atoms with Crippen molar-refractivity contribution in [3.63, 3.8) is 0 Å². The van der Waals surface area contributed by atoms with E-state index >= 15 is 0 Å². The molecule has 0 spiro atoms. The van der Waals surface area contributed by atoms with Crippen molar-refractivity contribution < 1.29 is 15.0 Å². The van der Waals surface area contributed by atoms with Crippen molar-refractivity contribution in [2.45, 2.75) is 50.3 Å². The van der Waals surface area contributed by atoms with Gasteiger partial charge in [-0.15, -0.1) is 0 Å². The molecule has 0 radical (unpaired) electrons. The number of anilines is 1. The number of nitrogen functional groups attached to an aromatic ring is 1. The molecule has 138 valence electrons. The van der Waals surface area contributed by atoms with Crippen LogP contribution in [0.3, 0.4) is 0 Å². The largest absolute Gasteiger partial charge is 0.481 e. The Balaban J connectivity index is 1.44. The van der Waals surface area contributed by atoms with Gasteiger partial charge in [-0.05, 0) is 37.8 Å². The monoisotopic (exact) mass is 348 g/mol. The number of nitrogens with two attached hydrogens (primary N) is 1. The van der Waals surface area contributed by atoms with Crippen molar-refractivity contribution in [2.24, 2.45) is 0 Å². The summed E-state index contributed by atoms with van der Waals surface area (Å²) in [6.07, 6.45) is 2.77. The lowest BCUT2D eigenvalue weighted by molar-refractivity contribution is -0.144. The zero-order chi connectivity index (χ0) is 17.9. The molecule has 0 unspecified atom stereocenters. The maximum atomic E-state index is 10.9. The molecule has 2 fully saturated rings. The average molecular weight is 348 g/mol. The number of rotatable bonds is 5. The number of pyridine rings is 1. The third-order valence-corrected chi connectivity index (χ3v) is 5.50. The van der Waals surface area contributed by atoms with Crippen LogP contribution in [0.4, 0.5) is 5.82 Å². The van der Waals surface area contributed by atoms with Gasteiger partial charge in [-0.2, -0.15) is 0 Å². The highest BCUT2D eigenvalue weighted by atomic mass is 16.4. The number of hydrogen-bond donors (Lipinski definition) is 3. The van der Waals surface area contributed by atoms with E-state index in [-0.39, 0.29) is 6.42 Å². The van der Waals surface area contributed by atoms with Crippen LogP contribution < -0.4 is 5.73 Å². The fraction of sp³-hybridized carbons (Fsp3) is 0.667. The summed E-state index contributed by atoms with van der Waals surface area (Å²) in [5, 5.41) is 19.3. The molecule has 1 aromatic rings. The molecule has 0 bridgehead atoms. The Bertz CT molecular complexity index is 594. The zero-order valence-corrected chi connectivity index (χ0v) is 14.6. The number of aromatic nitrogens is 1. The van der Waals surface area contributed by atoms with Crippen LogP contribution in [-0.4, -0.2) is 68.8 Å². The molecule has 1 aromatic heterocycles. The van der Waals surface area contributed by atoms with E-state index in [4.69, 9.17) is 10.8 Å². The van der Waals surface area contributed by atoms with Crippen molar-refractivity contribution in [3.05, 3.63) is 23.9 Å². The second-order valence-corrected chi connectivity index (χ2v) is 7.39. The Morgan fingerprint density at radius 2 is 1.92 bits per heavy atom. The summed E-state index contributed by atoms with van der Waals surface area (Å²) < 4.78 is 0. The van der Waals surface area contributed by atoms with Crippen molar-refractivity contribution in [1.29, 1.82) is 0 Å². The topological polar surface area (TPSA) is 103 Å². The Morgan fingerprint density at radius 1 is 1.24 bits per heavy atom. The molecule has 1 saturated carbocycles. The predicted molar refractivity (Wildman–Crippen MR) is 95.0 cm³/mol. The second kappa shape index (κ2) is 7.68. The predicted octanol–water partition coefficient (Wildman–Crippen LogP) is 0.930. The van der Waals surface area contributed by atoms with E-state index in [2.05, 4.69) is 14.8 Å². The van der Waals surface area contributed by atoms with Crippen LogP contribution >= 0.6 is 0 Å². The molecule has 7 nitrogen and oxygen atoms in total. The number of piperazine rings is 1. The van der Waals surface area contributed by atoms with E-state index in [9.17, 15) is 9.90 Å². The molecule has 4 N–H and O–H groups in total. The Morgan fingerprint density at radius 3 is 2.52 bits per heavy atom. The number of carboxylic acid groups (broad SMARTS) is 1. The molecule has 0 aromatic carbocycles. The Hall–Kier alpha value is -1.70. The average Bonchev–Trinajstić information content (AvgIpc) is 2.55. The van der Waals surface area contributed by atoms with Gasteiger partial charge < -0.3 is 15.9 Å². The molecule has 1 aliphatic heterocycles. The van der Waals surface area contributed by atoms with Gasteiger partial charge in [0, 0.05) is 38.8 Å². The fourth-order valence-corrected chi connectivity index (χ4v) is 4.07. The van der Waals surface area contributed by atoms with Crippen LogP contribution in [0.25, 0.3) is 0 Å². The molecule has 3 rings (SSSR count). The van der Waals surface area contributed by atoms with E-state index in [0.29, 0.717) is 24.7 Å². The molecule has 2 aliphatic rings. The minimum absolute atomic E-state index is 0.138. The Labute approximate surface area is 148 Å². The molecule has 7 heteroatoms. The molecule has 1 saturated heterocycles. The molecule has 25 heavy (non-hydrogen) atoms. The van der Waals surface area contributed by atoms with Crippen LogP contribution in [-0.2, 0) is 11.3 Å². The van der Waals surface area contributed by atoms with Crippen LogP contribution in [0.15, 0.2) is 18.2 Å². The maximum Gasteiger partial charge on any atom is 0.306 e. The van der Waals surface area contributed by atoms with Crippen LogP contribution in [0, 0.1) is 0 Å². The van der Waals surface area contributed by atoms with E-state index in [1.807, 2.05) is 12.1 Å². The minimum atomic E-state index is -1.01. The number of carbonyl (C=O) groups is 1. The van der Waals surface area contributed by atoms with Crippen LogP contribution in [0.2, 0.25) is 0 Å². The molecular formula is C18H28N4O3. The quantitative estimate of drug-likeness (QED) is 0.727. The van der Waals surface area contributed by atoms with Crippen LogP contribution in [0.5, 0.6) is 0 Å². The molecule has 0 atom stereocenters. The van der Waals surface area contributed by atoms with Gasteiger partial charge in [0.15, 0.2) is 0 Å². The van der Waals surface area contributed by atoms with Crippen LogP contribution in [0.1, 0.15) is 37.8 Å². The third-order valence-electron chi connectivity index (χ3n) is 5.50. The lowest BCUT2D eigenvalue weighted by atomic mass is 9.79. The lowest BCUT2D eigenvalue weighted by Gasteiger charge is -2.43. The first-order chi connectivity index (χ1) is 11.9. The zero-order valence-electron chi connectivity index (χ0n) is 14.6. The van der Waals surface area contributed by atoms with Crippen molar-refractivity contribution >= 4 is 11.8 Å². The number of aliphatic hydroxyl groups is 1. The smallest absolute Gasteiger partial charge is 0.306 e. The SMILES string of the molecule is Nc1cccc(CN2CCN(C3CCC(O)(CC(=O)O)CC3)CC2)n1. The van der Waals surface area contributed by atoms with Gasteiger partial charge in [-0.3, -0.25) is 14.6 Å². The minimum Gasteiger partial charge on any atom is -0.481 e.